The Kier molecular flexibility index (Phi) is 5.28. The van der Waals surface area contributed by atoms with E-state index in [-0.39, 0.29) is 29.3 Å². The van der Waals surface area contributed by atoms with Crippen LogP contribution in [-0.4, -0.2) is 50.6 Å². The Bertz CT molecular complexity index is 767. The summed E-state index contributed by atoms with van der Waals surface area (Å²) in [5.74, 6) is -1.14. The van der Waals surface area contributed by atoms with Crippen LogP contribution < -0.4 is 11.1 Å². The highest BCUT2D eigenvalue weighted by Gasteiger charge is 2.54. The number of carboxylic acid groups (broad SMARTS) is 1. The van der Waals surface area contributed by atoms with Gasteiger partial charge >= 0.3 is 5.97 Å². The molecule has 1 fully saturated rings. The average molecular weight is 376 g/mol. The number of anilines is 1. The van der Waals surface area contributed by atoms with Crippen LogP contribution in [0.2, 0.25) is 0 Å². The van der Waals surface area contributed by atoms with E-state index in [0.29, 0.717) is 23.6 Å². The molecular weight excluding hydrogens is 356 g/mol. The first-order valence-corrected chi connectivity index (χ1v) is 9.32. The maximum Gasteiger partial charge on any atom is 0.353 e. The SMILES string of the molecule is CC[C@H]1C(=O)N2C(C(=O)O)=C(SC[C@@H](N)C(=O)Nc3ccccn3)C[C@H]12. The van der Waals surface area contributed by atoms with Crippen LogP contribution in [-0.2, 0) is 14.4 Å². The maximum atomic E-state index is 12.1. The molecule has 2 aliphatic rings. The number of aromatic nitrogens is 1. The summed E-state index contributed by atoms with van der Waals surface area (Å²) in [6.45, 7) is 1.92. The molecule has 1 aromatic rings. The molecule has 3 rings (SSSR count). The lowest BCUT2D eigenvalue weighted by Gasteiger charge is -2.42. The van der Waals surface area contributed by atoms with Crippen LogP contribution in [0.1, 0.15) is 19.8 Å². The number of carboxylic acids is 1. The summed E-state index contributed by atoms with van der Waals surface area (Å²) in [6.07, 6.45) is 2.76. The Morgan fingerprint density at radius 3 is 2.88 bits per heavy atom. The molecule has 2 aliphatic heterocycles. The number of amides is 2. The highest BCUT2D eigenvalue weighted by molar-refractivity contribution is 8.03. The number of aliphatic carboxylic acids is 1. The first-order chi connectivity index (χ1) is 12.4. The van der Waals surface area contributed by atoms with Crippen molar-refractivity contribution in [2.24, 2.45) is 11.7 Å². The standard InChI is InChI=1S/C17H20N4O4S/c1-2-9-11-7-12(14(17(24)25)21(11)16(9)23)26-8-10(18)15(22)20-13-5-3-4-6-19-13/h3-6,9-11H,2,7-8,18H2,1H3,(H,24,25)(H,19,20,22)/t9-,10-,11-/m1/s1. The molecule has 0 aliphatic carbocycles. The van der Waals surface area contributed by atoms with E-state index in [1.54, 1.807) is 24.4 Å². The maximum absolute atomic E-state index is 12.1. The lowest BCUT2D eigenvalue weighted by molar-refractivity contribution is -0.155. The highest BCUT2D eigenvalue weighted by atomic mass is 32.2. The van der Waals surface area contributed by atoms with Crippen molar-refractivity contribution < 1.29 is 19.5 Å². The topological polar surface area (TPSA) is 126 Å². The third-order valence-corrected chi connectivity index (χ3v) is 5.82. The molecule has 1 saturated heterocycles. The molecule has 1 aromatic heterocycles. The fraction of sp³-hybridized carbons (Fsp3) is 0.412. The van der Waals surface area contributed by atoms with Crippen molar-refractivity contribution in [3.63, 3.8) is 0 Å². The van der Waals surface area contributed by atoms with Crippen LogP contribution in [0.5, 0.6) is 0 Å². The average Bonchev–Trinajstić information content (AvgIpc) is 2.96. The summed E-state index contributed by atoms with van der Waals surface area (Å²) in [5.41, 5.74) is 5.95. The van der Waals surface area contributed by atoms with Crippen LogP contribution in [0.25, 0.3) is 0 Å². The number of β-lactam (4-membered cyclic amide) rings is 1. The molecule has 9 heteroatoms. The van der Waals surface area contributed by atoms with E-state index < -0.39 is 17.9 Å². The Morgan fingerprint density at radius 2 is 2.27 bits per heavy atom. The lowest BCUT2D eigenvalue weighted by Crippen LogP contribution is -2.58. The third-order valence-electron chi connectivity index (χ3n) is 4.58. The van der Waals surface area contributed by atoms with Crippen molar-refractivity contribution in [1.29, 1.82) is 0 Å². The quantitative estimate of drug-likeness (QED) is 0.607. The molecule has 2 amide bonds. The monoisotopic (exact) mass is 376 g/mol. The molecule has 26 heavy (non-hydrogen) atoms. The summed E-state index contributed by atoms with van der Waals surface area (Å²) < 4.78 is 0. The zero-order valence-electron chi connectivity index (χ0n) is 14.2. The normalized spacial score (nSPS) is 22.7. The van der Waals surface area contributed by atoms with Gasteiger partial charge in [-0.2, -0.15) is 0 Å². The molecule has 0 unspecified atom stereocenters. The highest BCUT2D eigenvalue weighted by Crippen LogP contribution is 2.46. The zero-order chi connectivity index (χ0) is 18.8. The van der Waals surface area contributed by atoms with Crippen LogP contribution >= 0.6 is 11.8 Å². The number of pyridine rings is 1. The Hall–Kier alpha value is -2.39. The Balaban J connectivity index is 1.62. The number of nitrogens with one attached hydrogen (secondary N) is 1. The molecule has 0 spiro atoms. The number of hydrogen-bond donors (Lipinski definition) is 3. The van der Waals surface area contributed by atoms with Gasteiger partial charge in [-0.25, -0.2) is 9.78 Å². The van der Waals surface area contributed by atoms with E-state index in [9.17, 15) is 19.5 Å². The van der Waals surface area contributed by atoms with Gasteiger partial charge < -0.3 is 21.1 Å². The van der Waals surface area contributed by atoms with Gasteiger partial charge in [-0.1, -0.05) is 13.0 Å². The molecule has 3 atom stereocenters. The van der Waals surface area contributed by atoms with Gasteiger partial charge in [-0.15, -0.1) is 11.8 Å². The van der Waals surface area contributed by atoms with Crippen LogP contribution in [0.3, 0.4) is 0 Å². The van der Waals surface area contributed by atoms with E-state index in [2.05, 4.69) is 10.3 Å². The Labute approximate surface area is 154 Å². The number of rotatable bonds is 7. The fourth-order valence-electron chi connectivity index (χ4n) is 3.25. The van der Waals surface area contributed by atoms with Gasteiger partial charge in [0.05, 0.1) is 18.0 Å². The number of hydrogen-bond acceptors (Lipinski definition) is 6. The van der Waals surface area contributed by atoms with Gasteiger partial charge in [0.15, 0.2) is 0 Å². The molecule has 4 N–H and O–H groups in total. The summed E-state index contributed by atoms with van der Waals surface area (Å²) >= 11 is 1.23. The number of fused-ring (bicyclic) bond motifs is 1. The Morgan fingerprint density at radius 1 is 1.50 bits per heavy atom. The van der Waals surface area contributed by atoms with E-state index in [1.165, 1.54) is 16.7 Å². The van der Waals surface area contributed by atoms with Crippen molar-refractivity contribution in [3.05, 3.63) is 35.0 Å². The number of thioether (sulfide) groups is 1. The summed E-state index contributed by atoms with van der Waals surface area (Å²) in [4.78, 5) is 41.8. The second kappa shape index (κ2) is 7.46. The molecule has 0 radical (unpaired) electrons. The second-order valence-electron chi connectivity index (χ2n) is 6.19. The van der Waals surface area contributed by atoms with Crippen molar-refractivity contribution >= 4 is 35.4 Å². The van der Waals surface area contributed by atoms with Gasteiger partial charge in [0.2, 0.25) is 11.8 Å². The molecule has 138 valence electrons. The molecular formula is C17H20N4O4S. The number of carbonyl (C=O) groups is 3. The molecule has 0 aromatic carbocycles. The van der Waals surface area contributed by atoms with Crippen LogP contribution in [0.4, 0.5) is 5.82 Å². The van der Waals surface area contributed by atoms with E-state index >= 15 is 0 Å². The van der Waals surface area contributed by atoms with Crippen molar-refractivity contribution in [2.45, 2.75) is 31.8 Å². The molecule has 0 saturated carbocycles. The number of carbonyl (C=O) groups excluding carboxylic acids is 2. The predicted octanol–water partition coefficient (Wildman–Crippen LogP) is 1.02. The molecule has 3 heterocycles. The zero-order valence-corrected chi connectivity index (χ0v) is 15.0. The van der Waals surface area contributed by atoms with Gasteiger partial charge in [0.25, 0.3) is 0 Å². The number of nitrogens with zero attached hydrogens (tertiary/aromatic N) is 2. The van der Waals surface area contributed by atoms with E-state index in [1.807, 2.05) is 6.92 Å². The largest absolute Gasteiger partial charge is 0.477 e. The van der Waals surface area contributed by atoms with Gasteiger partial charge in [0, 0.05) is 23.3 Å². The molecule has 8 nitrogen and oxygen atoms in total. The van der Waals surface area contributed by atoms with Crippen molar-refractivity contribution in [3.8, 4) is 0 Å². The number of nitrogens with two attached hydrogens (primary N) is 1. The van der Waals surface area contributed by atoms with Crippen molar-refractivity contribution in [2.75, 3.05) is 11.1 Å². The molecule has 0 bridgehead atoms. The van der Waals surface area contributed by atoms with Crippen LogP contribution in [0.15, 0.2) is 35.0 Å². The van der Waals surface area contributed by atoms with Gasteiger partial charge in [-0.3, -0.25) is 9.59 Å². The minimum absolute atomic E-state index is 0.0343. The summed E-state index contributed by atoms with van der Waals surface area (Å²) in [6, 6.07) is 4.23. The predicted molar refractivity (Wildman–Crippen MR) is 97.0 cm³/mol. The lowest BCUT2D eigenvalue weighted by atomic mass is 9.85. The minimum Gasteiger partial charge on any atom is -0.477 e. The van der Waals surface area contributed by atoms with Gasteiger partial charge in [-0.05, 0) is 18.6 Å². The summed E-state index contributed by atoms with van der Waals surface area (Å²) in [5, 5.41) is 12.1. The summed E-state index contributed by atoms with van der Waals surface area (Å²) in [7, 11) is 0. The van der Waals surface area contributed by atoms with Crippen LogP contribution in [0, 0.1) is 5.92 Å². The third kappa shape index (κ3) is 3.32. The first kappa shape index (κ1) is 18.4. The van der Waals surface area contributed by atoms with Crippen molar-refractivity contribution in [1.82, 2.24) is 9.88 Å². The van der Waals surface area contributed by atoms with E-state index in [0.717, 1.165) is 0 Å². The van der Waals surface area contributed by atoms with E-state index in [4.69, 9.17) is 5.73 Å². The smallest absolute Gasteiger partial charge is 0.353 e. The van der Waals surface area contributed by atoms with Gasteiger partial charge in [0.1, 0.15) is 11.5 Å². The fourth-order valence-corrected chi connectivity index (χ4v) is 4.40. The first-order valence-electron chi connectivity index (χ1n) is 8.33. The second-order valence-corrected chi connectivity index (χ2v) is 7.31. The minimum atomic E-state index is -1.12.